The van der Waals surface area contributed by atoms with E-state index in [0.29, 0.717) is 18.9 Å². The molecule has 1 fully saturated rings. The number of hydrogen-bond acceptors (Lipinski definition) is 3. The average molecular weight is 254 g/mol. The lowest BCUT2D eigenvalue weighted by Gasteiger charge is -2.17. The molecule has 4 nitrogen and oxygen atoms in total. The molecular formula is C14H26N2O2. The number of nitrogens with one attached hydrogen (secondary N) is 1. The van der Waals surface area contributed by atoms with Crippen LogP contribution >= 0.6 is 0 Å². The molecule has 0 aliphatic carbocycles. The number of nitrogens with zero attached hydrogens (tertiary/aromatic N) is 1. The van der Waals surface area contributed by atoms with Crippen molar-refractivity contribution < 1.29 is 9.59 Å². The molecule has 18 heavy (non-hydrogen) atoms. The van der Waals surface area contributed by atoms with Crippen molar-refractivity contribution in [2.24, 2.45) is 11.8 Å². The number of amides is 2. The van der Waals surface area contributed by atoms with E-state index in [1.165, 1.54) is 4.90 Å². The van der Waals surface area contributed by atoms with Gasteiger partial charge in [0.2, 0.25) is 11.8 Å². The molecule has 1 heterocycles. The highest BCUT2D eigenvalue weighted by Gasteiger charge is 2.40. The molecular weight excluding hydrogens is 228 g/mol. The Balaban J connectivity index is 2.37. The van der Waals surface area contributed by atoms with Crippen LogP contribution < -0.4 is 5.32 Å². The maximum Gasteiger partial charge on any atom is 0.233 e. The van der Waals surface area contributed by atoms with Gasteiger partial charge in [-0.15, -0.1) is 0 Å². The van der Waals surface area contributed by atoms with Gasteiger partial charge in [0.1, 0.15) is 0 Å². The summed E-state index contributed by atoms with van der Waals surface area (Å²) in [7, 11) is 0. The molecule has 0 aromatic rings. The van der Waals surface area contributed by atoms with Crippen LogP contribution in [0.25, 0.3) is 0 Å². The Morgan fingerprint density at radius 3 is 2.67 bits per heavy atom. The van der Waals surface area contributed by atoms with Crippen LogP contribution in [0.5, 0.6) is 0 Å². The van der Waals surface area contributed by atoms with Crippen molar-refractivity contribution in [3.8, 4) is 0 Å². The van der Waals surface area contributed by atoms with Crippen molar-refractivity contribution >= 4 is 11.8 Å². The van der Waals surface area contributed by atoms with Gasteiger partial charge in [0, 0.05) is 18.9 Å². The van der Waals surface area contributed by atoms with Crippen LogP contribution in [0.1, 0.15) is 46.5 Å². The number of unbranched alkanes of at least 4 members (excludes halogenated alkanes) is 1. The van der Waals surface area contributed by atoms with E-state index in [9.17, 15) is 9.59 Å². The normalized spacial score (nSPS) is 21.7. The first-order valence-corrected chi connectivity index (χ1v) is 7.16. The molecule has 2 amide bonds. The van der Waals surface area contributed by atoms with E-state index in [0.717, 1.165) is 32.4 Å². The number of imide groups is 1. The molecule has 104 valence electrons. The molecule has 2 atom stereocenters. The van der Waals surface area contributed by atoms with E-state index in [2.05, 4.69) is 26.1 Å². The van der Waals surface area contributed by atoms with Gasteiger partial charge in [0.05, 0.1) is 0 Å². The first-order valence-electron chi connectivity index (χ1n) is 7.16. The number of rotatable bonds is 8. The minimum Gasteiger partial charge on any atom is -0.317 e. The predicted octanol–water partition coefficient (Wildman–Crippen LogP) is 1.80. The molecule has 1 aliphatic rings. The Morgan fingerprint density at radius 2 is 2.06 bits per heavy atom. The highest BCUT2D eigenvalue weighted by atomic mass is 16.2. The van der Waals surface area contributed by atoms with Gasteiger partial charge in [-0.3, -0.25) is 14.5 Å². The molecule has 0 bridgehead atoms. The fraction of sp³-hybridized carbons (Fsp3) is 0.857. The SMILES string of the molecule is CCNCCCCN1C(=O)CC(C(C)CC)C1=O. The fourth-order valence-electron chi connectivity index (χ4n) is 2.37. The van der Waals surface area contributed by atoms with Crippen LogP contribution in [0, 0.1) is 11.8 Å². The third-order valence-electron chi connectivity index (χ3n) is 3.84. The number of likely N-dealkylation sites (tertiary alicyclic amines) is 1. The van der Waals surface area contributed by atoms with Crippen LogP contribution in [0.2, 0.25) is 0 Å². The summed E-state index contributed by atoms with van der Waals surface area (Å²) in [5, 5.41) is 3.24. The third kappa shape index (κ3) is 3.80. The number of carbonyl (C=O) groups is 2. The van der Waals surface area contributed by atoms with Gasteiger partial charge in [-0.05, 0) is 31.8 Å². The molecule has 4 heteroatoms. The van der Waals surface area contributed by atoms with Gasteiger partial charge >= 0.3 is 0 Å². The molecule has 0 aromatic heterocycles. The monoisotopic (exact) mass is 254 g/mol. The molecule has 0 aromatic carbocycles. The van der Waals surface area contributed by atoms with Crippen molar-refractivity contribution in [2.45, 2.75) is 46.5 Å². The van der Waals surface area contributed by atoms with Gasteiger partial charge in [0.15, 0.2) is 0 Å². The minimum atomic E-state index is -0.0729. The fourth-order valence-corrected chi connectivity index (χ4v) is 2.37. The van der Waals surface area contributed by atoms with E-state index in [1.54, 1.807) is 0 Å². The van der Waals surface area contributed by atoms with Crippen LogP contribution in [-0.2, 0) is 9.59 Å². The van der Waals surface area contributed by atoms with Crippen LogP contribution in [0.3, 0.4) is 0 Å². The van der Waals surface area contributed by atoms with Gasteiger partial charge in [-0.1, -0.05) is 27.2 Å². The zero-order chi connectivity index (χ0) is 13.5. The standard InChI is InChI=1S/C14H26N2O2/c1-4-11(3)12-10-13(17)16(14(12)18)9-7-6-8-15-5-2/h11-12,15H,4-10H2,1-3H3. The van der Waals surface area contributed by atoms with Crippen molar-refractivity contribution in [2.75, 3.05) is 19.6 Å². The lowest BCUT2D eigenvalue weighted by molar-refractivity contribution is -0.139. The Labute approximate surface area is 110 Å². The molecule has 1 N–H and O–H groups in total. The first-order chi connectivity index (χ1) is 8.61. The first kappa shape index (κ1) is 15.2. The average Bonchev–Trinajstić information content (AvgIpc) is 2.65. The summed E-state index contributed by atoms with van der Waals surface area (Å²) in [5.74, 6) is 0.316. The van der Waals surface area contributed by atoms with E-state index in [-0.39, 0.29) is 17.7 Å². The lowest BCUT2D eigenvalue weighted by Crippen LogP contribution is -2.33. The molecule has 1 rings (SSSR count). The van der Waals surface area contributed by atoms with Gasteiger partial charge < -0.3 is 5.32 Å². The van der Waals surface area contributed by atoms with E-state index in [4.69, 9.17) is 0 Å². The molecule has 0 spiro atoms. The van der Waals surface area contributed by atoms with E-state index >= 15 is 0 Å². The third-order valence-corrected chi connectivity index (χ3v) is 3.84. The second kappa shape index (κ2) is 7.52. The van der Waals surface area contributed by atoms with Crippen molar-refractivity contribution in [1.82, 2.24) is 10.2 Å². The zero-order valence-corrected chi connectivity index (χ0v) is 11.9. The predicted molar refractivity (Wildman–Crippen MR) is 72.1 cm³/mol. The quantitative estimate of drug-likeness (QED) is 0.531. The smallest absolute Gasteiger partial charge is 0.233 e. The molecule has 0 radical (unpaired) electrons. The maximum absolute atomic E-state index is 12.1. The van der Waals surface area contributed by atoms with Gasteiger partial charge in [-0.25, -0.2) is 0 Å². The summed E-state index contributed by atoms with van der Waals surface area (Å²) in [6.45, 7) is 8.73. The Morgan fingerprint density at radius 1 is 1.33 bits per heavy atom. The molecule has 2 unspecified atom stereocenters. The Hall–Kier alpha value is -0.900. The Bertz CT molecular complexity index is 292. The van der Waals surface area contributed by atoms with Crippen molar-refractivity contribution in [1.29, 1.82) is 0 Å². The summed E-state index contributed by atoms with van der Waals surface area (Å²) in [4.78, 5) is 25.4. The highest BCUT2D eigenvalue weighted by molar-refractivity contribution is 6.03. The van der Waals surface area contributed by atoms with Gasteiger partial charge in [-0.2, -0.15) is 0 Å². The Kier molecular flexibility index (Phi) is 6.33. The number of carbonyl (C=O) groups excluding carboxylic acids is 2. The van der Waals surface area contributed by atoms with E-state index < -0.39 is 0 Å². The van der Waals surface area contributed by atoms with Gasteiger partial charge in [0.25, 0.3) is 0 Å². The lowest BCUT2D eigenvalue weighted by atomic mass is 9.90. The van der Waals surface area contributed by atoms with Crippen molar-refractivity contribution in [3.05, 3.63) is 0 Å². The highest BCUT2D eigenvalue weighted by Crippen LogP contribution is 2.28. The van der Waals surface area contributed by atoms with E-state index in [1.807, 2.05) is 0 Å². The second-order valence-corrected chi connectivity index (χ2v) is 5.14. The summed E-state index contributed by atoms with van der Waals surface area (Å²) in [6.07, 6.45) is 3.29. The number of hydrogen-bond donors (Lipinski definition) is 1. The summed E-state index contributed by atoms with van der Waals surface area (Å²) < 4.78 is 0. The minimum absolute atomic E-state index is 0.0220. The topological polar surface area (TPSA) is 49.4 Å². The second-order valence-electron chi connectivity index (χ2n) is 5.14. The van der Waals surface area contributed by atoms with Crippen LogP contribution in [-0.4, -0.2) is 36.3 Å². The molecule has 0 saturated carbocycles. The molecule has 1 aliphatic heterocycles. The largest absolute Gasteiger partial charge is 0.317 e. The summed E-state index contributed by atoms with van der Waals surface area (Å²) in [6, 6.07) is 0. The van der Waals surface area contributed by atoms with Crippen LogP contribution in [0.4, 0.5) is 0 Å². The zero-order valence-electron chi connectivity index (χ0n) is 11.9. The summed E-state index contributed by atoms with van der Waals surface area (Å²) in [5.41, 5.74) is 0. The molecule has 1 saturated heterocycles. The maximum atomic E-state index is 12.1. The van der Waals surface area contributed by atoms with Crippen LogP contribution in [0.15, 0.2) is 0 Å². The van der Waals surface area contributed by atoms with Crippen molar-refractivity contribution in [3.63, 3.8) is 0 Å². The summed E-state index contributed by atoms with van der Waals surface area (Å²) >= 11 is 0.